The first-order chi connectivity index (χ1) is 6.45. The first kappa shape index (κ1) is 11.1. The Labute approximate surface area is 80.7 Å². The highest BCUT2D eigenvalue weighted by molar-refractivity contribution is 5.05. The second kappa shape index (κ2) is 4.02. The summed E-state index contributed by atoms with van der Waals surface area (Å²) in [5, 5.41) is 3.49. The quantitative estimate of drug-likeness (QED) is 0.742. The minimum atomic E-state index is -4.40. The second-order valence-electron chi connectivity index (χ2n) is 3.34. The number of nitrogens with zero attached hydrogens (tertiary/aromatic N) is 2. The van der Waals surface area contributed by atoms with Gasteiger partial charge in [0.25, 0.3) is 0 Å². The van der Waals surface area contributed by atoms with E-state index in [0.717, 1.165) is 19.0 Å². The molecule has 0 bridgehead atoms. The number of rotatable bonds is 3. The maximum Gasteiger partial charge on any atom is 0.504 e. The van der Waals surface area contributed by atoms with E-state index in [1.807, 2.05) is 13.8 Å². The number of hydrogen-bond acceptors (Lipinski definition) is 1. The van der Waals surface area contributed by atoms with Gasteiger partial charge in [-0.3, -0.25) is 0 Å². The number of alkyl halides is 3. The Kier molecular flexibility index (Phi) is 3.18. The fraction of sp³-hybridized carbons (Fsp3) is 0.667. The molecule has 0 fully saturated rings. The lowest BCUT2D eigenvalue weighted by atomic mass is 10.0. The van der Waals surface area contributed by atoms with Crippen LogP contribution in [-0.4, -0.2) is 9.78 Å². The van der Waals surface area contributed by atoms with Crippen molar-refractivity contribution in [3.05, 3.63) is 18.0 Å². The van der Waals surface area contributed by atoms with Gasteiger partial charge in [-0.2, -0.15) is 9.78 Å². The zero-order valence-electron chi connectivity index (χ0n) is 8.17. The molecule has 1 aromatic heterocycles. The smallest absolute Gasteiger partial charge is 0.179 e. The average molecular weight is 206 g/mol. The molecule has 2 nitrogen and oxygen atoms in total. The van der Waals surface area contributed by atoms with Crippen molar-refractivity contribution in [2.75, 3.05) is 0 Å². The first-order valence-electron chi connectivity index (χ1n) is 4.58. The molecule has 0 amide bonds. The van der Waals surface area contributed by atoms with Crippen LogP contribution in [0, 0.1) is 0 Å². The molecule has 0 saturated heterocycles. The molecular formula is C9H13F3N2. The molecule has 1 unspecified atom stereocenters. The summed E-state index contributed by atoms with van der Waals surface area (Å²) in [6.45, 7) is 3.88. The Morgan fingerprint density at radius 3 is 2.57 bits per heavy atom. The Morgan fingerprint density at radius 2 is 2.14 bits per heavy atom. The third-order valence-electron chi connectivity index (χ3n) is 2.10. The summed E-state index contributed by atoms with van der Waals surface area (Å²) in [5.41, 5.74) is 0.504. The fourth-order valence-corrected chi connectivity index (χ4v) is 1.32. The largest absolute Gasteiger partial charge is 0.504 e. The maximum absolute atomic E-state index is 12.2. The maximum atomic E-state index is 12.2. The lowest BCUT2D eigenvalue weighted by Gasteiger charge is -2.07. The van der Waals surface area contributed by atoms with Crippen LogP contribution in [0.15, 0.2) is 12.3 Å². The molecule has 0 saturated carbocycles. The first-order valence-corrected chi connectivity index (χ1v) is 4.58. The topological polar surface area (TPSA) is 17.8 Å². The summed E-state index contributed by atoms with van der Waals surface area (Å²) in [7, 11) is 0. The van der Waals surface area contributed by atoms with Crippen molar-refractivity contribution in [1.82, 2.24) is 9.78 Å². The van der Waals surface area contributed by atoms with Crippen LogP contribution in [0.1, 0.15) is 38.3 Å². The van der Waals surface area contributed by atoms with E-state index in [2.05, 4.69) is 5.10 Å². The predicted octanol–water partition coefficient (Wildman–Crippen LogP) is 3.26. The van der Waals surface area contributed by atoms with Gasteiger partial charge in [-0.15, -0.1) is 13.2 Å². The van der Waals surface area contributed by atoms with E-state index in [9.17, 15) is 13.2 Å². The molecule has 5 heteroatoms. The number of hydrogen-bond donors (Lipinski definition) is 0. The number of aromatic nitrogens is 2. The standard InChI is InChI=1S/C9H13F3N2/c1-3-4-7(2)8-5-6-14(13-8)9(10,11)12/h5-7H,3-4H2,1-2H3. The van der Waals surface area contributed by atoms with Crippen LogP contribution >= 0.6 is 0 Å². The van der Waals surface area contributed by atoms with Gasteiger partial charge in [0.1, 0.15) is 0 Å². The fourth-order valence-electron chi connectivity index (χ4n) is 1.32. The van der Waals surface area contributed by atoms with Crippen LogP contribution < -0.4 is 0 Å². The minimum Gasteiger partial charge on any atom is -0.179 e. The molecule has 0 aliphatic carbocycles. The van der Waals surface area contributed by atoms with Crippen LogP contribution in [0.2, 0.25) is 0 Å². The van der Waals surface area contributed by atoms with Gasteiger partial charge in [-0.25, -0.2) is 0 Å². The SMILES string of the molecule is CCCC(C)c1ccn(C(F)(F)F)n1. The second-order valence-corrected chi connectivity index (χ2v) is 3.34. The van der Waals surface area contributed by atoms with Gasteiger partial charge in [0, 0.05) is 12.1 Å². The summed E-state index contributed by atoms with van der Waals surface area (Å²) in [4.78, 5) is 0. The molecule has 1 heterocycles. The van der Waals surface area contributed by atoms with Crippen molar-refractivity contribution in [2.24, 2.45) is 0 Å². The van der Waals surface area contributed by atoms with Gasteiger partial charge in [0.2, 0.25) is 0 Å². The summed E-state index contributed by atoms with van der Waals surface area (Å²) in [6.07, 6.45) is -1.64. The molecule has 0 N–H and O–H groups in total. The molecule has 1 aromatic rings. The van der Waals surface area contributed by atoms with Gasteiger partial charge < -0.3 is 0 Å². The lowest BCUT2D eigenvalue weighted by Crippen LogP contribution is -2.17. The average Bonchev–Trinajstić information content (AvgIpc) is 2.51. The predicted molar refractivity (Wildman–Crippen MR) is 46.8 cm³/mol. The van der Waals surface area contributed by atoms with Crippen LogP contribution in [0.4, 0.5) is 13.2 Å². The van der Waals surface area contributed by atoms with Crippen molar-refractivity contribution >= 4 is 0 Å². The molecule has 1 rings (SSSR count). The molecule has 0 spiro atoms. The molecule has 0 aliphatic rings. The molecule has 0 aliphatic heterocycles. The highest BCUT2D eigenvalue weighted by atomic mass is 19.4. The summed E-state index contributed by atoms with van der Waals surface area (Å²) in [5.74, 6) is 0.0867. The monoisotopic (exact) mass is 206 g/mol. The lowest BCUT2D eigenvalue weighted by molar-refractivity contribution is -0.212. The molecule has 0 radical (unpaired) electrons. The minimum absolute atomic E-state index is 0.0501. The van der Waals surface area contributed by atoms with E-state index in [0.29, 0.717) is 5.69 Å². The van der Waals surface area contributed by atoms with Crippen LogP contribution in [-0.2, 0) is 6.30 Å². The highest BCUT2D eigenvalue weighted by Gasteiger charge is 2.31. The van der Waals surface area contributed by atoms with Crippen molar-refractivity contribution in [3.63, 3.8) is 0 Å². The summed E-state index contributed by atoms with van der Waals surface area (Å²) >= 11 is 0. The zero-order valence-corrected chi connectivity index (χ0v) is 8.17. The van der Waals surface area contributed by atoms with Crippen LogP contribution in [0.3, 0.4) is 0 Å². The Morgan fingerprint density at radius 1 is 1.50 bits per heavy atom. The molecule has 1 atom stereocenters. The van der Waals surface area contributed by atoms with Crippen molar-refractivity contribution < 1.29 is 13.2 Å². The van der Waals surface area contributed by atoms with Crippen molar-refractivity contribution in [2.45, 2.75) is 38.9 Å². The van der Waals surface area contributed by atoms with Gasteiger partial charge in [0.15, 0.2) is 0 Å². The molecule has 80 valence electrons. The Balaban J connectivity index is 2.78. The van der Waals surface area contributed by atoms with Crippen molar-refractivity contribution in [3.8, 4) is 0 Å². The molecular weight excluding hydrogens is 193 g/mol. The Hall–Kier alpha value is -1.00. The molecule has 0 aromatic carbocycles. The van der Waals surface area contributed by atoms with E-state index in [-0.39, 0.29) is 10.6 Å². The summed E-state index contributed by atoms with van der Waals surface area (Å²) < 4.78 is 36.5. The van der Waals surface area contributed by atoms with E-state index in [4.69, 9.17) is 0 Å². The Bertz CT molecular complexity index is 290. The van der Waals surface area contributed by atoms with Crippen LogP contribution in [0.25, 0.3) is 0 Å². The van der Waals surface area contributed by atoms with Gasteiger partial charge in [-0.05, 0) is 12.5 Å². The van der Waals surface area contributed by atoms with Crippen LogP contribution in [0.5, 0.6) is 0 Å². The highest BCUT2D eigenvalue weighted by Crippen LogP contribution is 2.24. The van der Waals surface area contributed by atoms with E-state index >= 15 is 0 Å². The van der Waals surface area contributed by atoms with E-state index in [1.54, 1.807) is 0 Å². The van der Waals surface area contributed by atoms with E-state index < -0.39 is 6.30 Å². The summed E-state index contributed by atoms with van der Waals surface area (Å²) in [6, 6.07) is 1.42. The van der Waals surface area contributed by atoms with Gasteiger partial charge in [0.05, 0.1) is 5.69 Å². The van der Waals surface area contributed by atoms with Crippen molar-refractivity contribution in [1.29, 1.82) is 0 Å². The van der Waals surface area contributed by atoms with Gasteiger partial charge in [-0.1, -0.05) is 20.3 Å². The zero-order chi connectivity index (χ0) is 10.8. The number of halogens is 3. The third-order valence-corrected chi connectivity index (χ3v) is 2.10. The normalized spacial score (nSPS) is 14.4. The third kappa shape index (κ3) is 2.49. The molecule has 14 heavy (non-hydrogen) atoms. The van der Waals surface area contributed by atoms with Gasteiger partial charge >= 0.3 is 6.30 Å². The van der Waals surface area contributed by atoms with E-state index in [1.165, 1.54) is 6.07 Å².